The molecule has 5 rings (SSSR count). The molecule has 2 aliphatic heterocycles. The summed E-state index contributed by atoms with van der Waals surface area (Å²) in [5.74, 6) is 0.998. The lowest BCUT2D eigenvalue weighted by Gasteiger charge is -2.34. The third-order valence-electron chi connectivity index (χ3n) is 6.56. The number of nitrogens with zero attached hydrogens (tertiary/aromatic N) is 4. The molecule has 2 saturated heterocycles. The molecule has 3 aromatic rings. The fourth-order valence-corrected chi connectivity index (χ4v) is 4.76. The Balaban J connectivity index is 1.35. The first-order valence-corrected chi connectivity index (χ1v) is 13.1. The maximum atomic E-state index is 12.7. The normalized spacial score (nSPS) is 18.3. The monoisotopic (exact) mass is 521 g/mol. The minimum absolute atomic E-state index is 0.0103. The Morgan fingerprint density at radius 1 is 1.16 bits per heavy atom. The lowest BCUT2D eigenvalue weighted by molar-refractivity contribution is 0.0206. The summed E-state index contributed by atoms with van der Waals surface area (Å²) in [6.07, 6.45) is 2.81. The second-order valence-corrected chi connectivity index (χ2v) is 10.7. The van der Waals surface area contributed by atoms with E-state index >= 15 is 0 Å². The van der Waals surface area contributed by atoms with Gasteiger partial charge in [0.2, 0.25) is 0 Å². The number of likely N-dealkylation sites (tertiary alicyclic amines) is 1. The van der Waals surface area contributed by atoms with Crippen LogP contribution in [0.15, 0.2) is 41.5 Å². The lowest BCUT2D eigenvalue weighted by Crippen LogP contribution is -2.47. The molecule has 0 bridgehead atoms. The first kappa shape index (κ1) is 25.8. The van der Waals surface area contributed by atoms with E-state index < -0.39 is 5.60 Å². The second-order valence-electron chi connectivity index (χ2n) is 10.7. The smallest absolute Gasteiger partial charge is 0.410 e. The average molecular weight is 522 g/mol. The Labute approximate surface area is 221 Å². The number of piperidine rings is 1. The van der Waals surface area contributed by atoms with Crippen molar-refractivity contribution in [3.05, 3.63) is 47.0 Å². The van der Waals surface area contributed by atoms with Gasteiger partial charge in [-0.25, -0.2) is 14.8 Å². The molecule has 1 atom stereocenters. The largest absolute Gasteiger partial charge is 0.444 e. The molecule has 4 heterocycles. The van der Waals surface area contributed by atoms with Crippen LogP contribution in [-0.4, -0.2) is 77.0 Å². The molecule has 0 aliphatic carbocycles. The van der Waals surface area contributed by atoms with Crippen molar-refractivity contribution in [3.8, 4) is 0 Å². The zero-order valence-corrected chi connectivity index (χ0v) is 22.1. The number of morpholine rings is 1. The molecule has 2 aliphatic rings. The molecular weight excluding hydrogens is 486 g/mol. The maximum Gasteiger partial charge on any atom is 0.410 e. The first-order valence-electron chi connectivity index (χ1n) is 13.1. The van der Waals surface area contributed by atoms with Gasteiger partial charge in [-0.3, -0.25) is 4.79 Å². The number of benzene rings is 1. The number of H-pyrrole nitrogens is 1. The summed E-state index contributed by atoms with van der Waals surface area (Å²) < 4.78 is 11.0. The van der Waals surface area contributed by atoms with Crippen LogP contribution in [0.5, 0.6) is 0 Å². The highest BCUT2D eigenvalue weighted by Crippen LogP contribution is 2.27. The number of carbonyl (C=O) groups is 1. The fraction of sp³-hybridized carbons (Fsp3) is 0.481. The van der Waals surface area contributed by atoms with Crippen molar-refractivity contribution in [2.24, 2.45) is 0 Å². The van der Waals surface area contributed by atoms with E-state index in [0.717, 1.165) is 50.5 Å². The molecule has 0 spiro atoms. The van der Waals surface area contributed by atoms with Gasteiger partial charge < -0.3 is 34.9 Å². The highest BCUT2D eigenvalue weighted by Gasteiger charge is 2.28. The molecule has 2 fully saturated rings. The zero-order valence-electron chi connectivity index (χ0n) is 22.1. The number of nitrogens with one attached hydrogen (secondary N) is 3. The highest BCUT2D eigenvalue weighted by molar-refractivity contribution is 5.92. The van der Waals surface area contributed by atoms with Gasteiger partial charge in [-0.1, -0.05) is 0 Å². The van der Waals surface area contributed by atoms with E-state index in [1.807, 2.05) is 45.0 Å². The highest BCUT2D eigenvalue weighted by atomic mass is 16.6. The van der Waals surface area contributed by atoms with E-state index in [1.54, 1.807) is 11.0 Å². The van der Waals surface area contributed by atoms with Crippen LogP contribution in [0.3, 0.4) is 0 Å². The van der Waals surface area contributed by atoms with E-state index in [1.165, 1.54) is 6.33 Å². The fourth-order valence-electron chi connectivity index (χ4n) is 4.76. The van der Waals surface area contributed by atoms with E-state index in [9.17, 15) is 9.59 Å². The molecule has 38 heavy (non-hydrogen) atoms. The van der Waals surface area contributed by atoms with E-state index in [0.29, 0.717) is 35.6 Å². The van der Waals surface area contributed by atoms with Crippen molar-refractivity contribution in [2.75, 3.05) is 54.9 Å². The number of fused-ring (bicyclic) bond motifs is 1. The van der Waals surface area contributed by atoms with Gasteiger partial charge in [-0.15, -0.1) is 0 Å². The van der Waals surface area contributed by atoms with Gasteiger partial charge in [-0.2, -0.15) is 0 Å². The Hall–Kier alpha value is -3.86. The molecule has 11 heteroatoms. The van der Waals surface area contributed by atoms with Crippen LogP contribution in [0.4, 0.5) is 27.8 Å². The first-order chi connectivity index (χ1) is 18.2. The minimum atomic E-state index is -0.545. The molecule has 202 valence electrons. The molecule has 0 unspecified atom stereocenters. The van der Waals surface area contributed by atoms with Crippen LogP contribution in [0.1, 0.15) is 33.6 Å². The Morgan fingerprint density at radius 3 is 2.66 bits per heavy atom. The predicted molar refractivity (Wildman–Crippen MR) is 147 cm³/mol. The SMILES string of the molecule is CC(C)(C)OC(=O)N1CCC[C@@H](Nc2cc3nc[nH]c(=O)c3c(Nc3ccc(N4CCOCC4)cc3)n2)C1. The summed E-state index contributed by atoms with van der Waals surface area (Å²) in [6, 6.07) is 9.81. The third-order valence-corrected chi connectivity index (χ3v) is 6.56. The molecule has 0 radical (unpaired) electrons. The lowest BCUT2D eigenvalue weighted by atomic mass is 10.1. The number of anilines is 4. The van der Waals surface area contributed by atoms with Gasteiger partial charge in [0.1, 0.15) is 22.6 Å². The number of aromatic amines is 1. The summed E-state index contributed by atoms with van der Waals surface area (Å²) in [7, 11) is 0. The Bertz CT molecular complexity index is 1330. The number of rotatable bonds is 5. The summed E-state index contributed by atoms with van der Waals surface area (Å²) in [5.41, 5.74) is 1.65. The summed E-state index contributed by atoms with van der Waals surface area (Å²) in [4.78, 5) is 41.1. The van der Waals surface area contributed by atoms with Crippen LogP contribution in [-0.2, 0) is 9.47 Å². The zero-order chi connectivity index (χ0) is 26.7. The van der Waals surface area contributed by atoms with Crippen molar-refractivity contribution in [1.29, 1.82) is 0 Å². The molecule has 1 amide bonds. The van der Waals surface area contributed by atoms with E-state index in [4.69, 9.17) is 14.5 Å². The van der Waals surface area contributed by atoms with E-state index in [-0.39, 0.29) is 17.7 Å². The van der Waals surface area contributed by atoms with Crippen LogP contribution in [0.25, 0.3) is 10.9 Å². The van der Waals surface area contributed by atoms with Crippen LogP contribution in [0.2, 0.25) is 0 Å². The van der Waals surface area contributed by atoms with Gasteiger partial charge in [-0.05, 0) is 57.9 Å². The van der Waals surface area contributed by atoms with E-state index in [2.05, 4.69) is 25.5 Å². The number of hydrogen-bond acceptors (Lipinski definition) is 9. The van der Waals surface area contributed by atoms with Gasteiger partial charge in [0.05, 0.1) is 25.1 Å². The summed E-state index contributed by atoms with van der Waals surface area (Å²) in [6.45, 7) is 9.92. The number of pyridine rings is 1. The van der Waals surface area contributed by atoms with Crippen molar-refractivity contribution in [2.45, 2.75) is 45.3 Å². The number of ether oxygens (including phenoxy) is 2. The van der Waals surface area contributed by atoms with Crippen molar-refractivity contribution in [1.82, 2.24) is 19.9 Å². The molecule has 0 saturated carbocycles. The number of hydrogen-bond donors (Lipinski definition) is 3. The average Bonchev–Trinajstić information content (AvgIpc) is 2.89. The standard InChI is InChI=1S/C27H35N7O4/c1-27(2,3)38-26(36)34-10-4-5-19(16-34)30-22-15-21-23(25(35)29-17-28-21)24(32-22)31-18-6-8-20(9-7-18)33-11-13-37-14-12-33/h6-9,15,17,19H,4-5,10-14,16H2,1-3H3,(H,28,29,35)(H2,30,31,32)/t19-/m1/s1. The Kier molecular flexibility index (Phi) is 7.37. The van der Waals surface area contributed by atoms with Crippen LogP contribution in [0, 0.1) is 0 Å². The summed E-state index contributed by atoms with van der Waals surface area (Å²) >= 11 is 0. The quantitative estimate of drug-likeness (QED) is 0.461. The molecule has 11 nitrogen and oxygen atoms in total. The summed E-state index contributed by atoms with van der Waals surface area (Å²) in [5, 5.41) is 7.14. The number of carbonyl (C=O) groups excluding carboxylic acids is 1. The van der Waals surface area contributed by atoms with Crippen molar-refractivity contribution >= 4 is 40.0 Å². The third kappa shape index (κ3) is 6.16. The molecule has 2 aromatic heterocycles. The number of amides is 1. The van der Waals surface area contributed by atoms with Crippen LogP contribution >= 0.6 is 0 Å². The molecular formula is C27H35N7O4. The van der Waals surface area contributed by atoms with Crippen LogP contribution < -0.4 is 21.1 Å². The number of aromatic nitrogens is 3. The molecule has 3 N–H and O–H groups in total. The Morgan fingerprint density at radius 2 is 1.92 bits per heavy atom. The predicted octanol–water partition coefficient (Wildman–Crippen LogP) is 3.71. The topological polar surface area (TPSA) is 125 Å². The van der Waals surface area contributed by atoms with Crippen molar-refractivity contribution in [3.63, 3.8) is 0 Å². The minimum Gasteiger partial charge on any atom is -0.444 e. The van der Waals surface area contributed by atoms with Crippen molar-refractivity contribution < 1.29 is 14.3 Å². The second kappa shape index (κ2) is 10.9. The van der Waals surface area contributed by atoms with Gasteiger partial charge in [0.25, 0.3) is 5.56 Å². The molecule has 1 aromatic carbocycles. The van der Waals surface area contributed by atoms with Gasteiger partial charge in [0.15, 0.2) is 0 Å². The maximum absolute atomic E-state index is 12.7. The van der Waals surface area contributed by atoms with Gasteiger partial charge in [0, 0.05) is 49.7 Å². The van der Waals surface area contributed by atoms with Gasteiger partial charge >= 0.3 is 6.09 Å².